The number of fused-ring (bicyclic) bond motifs is 1. The van der Waals surface area contributed by atoms with Crippen LogP contribution in [0.1, 0.15) is 47.1 Å². The molecule has 1 atom stereocenters. The van der Waals surface area contributed by atoms with Crippen molar-refractivity contribution in [1.82, 2.24) is 4.57 Å². The summed E-state index contributed by atoms with van der Waals surface area (Å²) < 4.78 is 8.62. The molecule has 0 radical (unpaired) electrons. The van der Waals surface area contributed by atoms with E-state index < -0.39 is 11.1 Å². The lowest BCUT2D eigenvalue weighted by atomic mass is 9.75. The number of nitrogens with zero attached hydrogens (tertiary/aromatic N) is 1. The number of hydrogen-bond donors (Lipinski definition) is 1. The predicted octanol–water partition coefficient (Wildman–Crippen LogP) is 4.78. The fourth-order valence-electron chi connectivity index (χ4n) is 4.05. The third kappa shape index (κ3) is 4.56. The predicted molar refractivity (Wildman–Crippen MR) is 116 cm³/mol. The number of ether oxygens (including phenoxy) is 1. The molecule has 27 heavy (non-hydrogen) atoms. The van der Waals surface area contributed by atoms with Crippen LogP contribution in [0.15, 0.2) is 54.6 Å². The average molecular weight is 363 g/mol. The first-order valence-electron chi connectivity index (χ1n) is 9.68. The number of hydrogen-bond acceptors (Lipinski definition) is 2. The zero-order valence-electron chi connectivity index (χ0n) is 17.3. The number of aliphatic hydroxyl groups is 1. The van der Waals surface area contributed by atoms with Gasteiger partial charge in [-0.25, -0.2) is 0 Å². The van der Waals surface area contributed by atoms with E-state index >= 15 is 0 Å². The molecule has 1 aromatic heterocycles. The van der Waals surface area contributed by atoms with Crippen LogP contribution >= 0.6 is 0 Å². The zero-order valence-corrected chi connectivity index (χ0v) is 17.3. The van der Waals surface area contributed by atoms with Crippen LogP contribution in [0.2, 0.25) is 0 Å². The van der Waals surface area contributed by atoms with Gasteiger partial charge in [0, 0.05) is 29.6 Å². The van der Waals surface area contributed by atoms with Crippen molar-refractivity contribution in [3.8, 4) is 17.0 Å². The molecule has 4 heteroatoms. The number of rotatable bonds is 6. The molecule has 0 aliphatic heterocycles. The molecular formula is C23H30BNO2. The van der Waals surface area contributed by atoms with Gasteiger partial charge in [0.2, 0.25) is 0 Å². The van der Waals surface area contributed by atoms with Crippen LogP contribution in [0.3, 0.4) is 0 Å². The van der Waals surface area contributed by atoms with E-state index in [-0.39, 0.29) is 0 Å². The topological polar surface area (TPSA) is 34.4 Å². The second kappa shape index (κ2) is 7.08. The van der Waals surface area contributed by atoms with Crippen molar-refractivity contribution in [2.24, 2.45) is 0 Å². The Bertz CT molecular complexity index is 921. The van der Waals surface area contributed by atoms with Gasteiger partial charge < -0.3 is 14.4 Å². The van der Waals surface area contributed by atoms with Crippen molar-refractivity contribution in [2.75, 3.05) is 0 Å². The Balaban J connectivity index is 2.03. The molecule has 0 saturated carbocycles. The first kappa shape index (κ1) is 19.6. The van der Waals surface area contributed by atoms with Crippen LogP contribution in [0.25, 0.3) is 22.2 Å². The SMILES string of the molecule is BC(C)(CC(C)(C)O)Oc1ccc2cc(-c3ccccc3)n(C(C)C)c2c1. The lowest BCUT2D eigenvalue weighted by molar-refractivity contribution is 0.0172. The van der Waals surface area contributed by atoms with Gasteiger partial charge in [0.25, 0.3) is 0 Å². The van der Waals surface area contributed by atoms with Crippen molar-refractivity contribution in [3.05, 3.63) is 54.6 Å². The van der Waals surface area contributed by atoms with Crippen molar-refractivity contribution < 1.29 is 9.84 Å². The van der Waals surface area contributed by atoms with E-state index in [1.807, 2.05) is 40.8 Å². The summed E-state index contributed by atoms with van der Waals surface area (Å²) in [5.74, 6) is 0.830. The molecule has 3 nitrogen and oxygen atoms in total. The van der Waals surface area contributed by atoms with E-state index in [1.165, 1.54) is 22.2 Å². The lowest BCUT2D eigenvalue weighted by Gasteiger charge is -2.32. The van der Waals surface area contributed by atoms with Crippen LogP contribution in [0.4, 0.5) is 0 Å². The largest absolute Gasteiger partial charge is 0.497 e. The summed E-state index contributed by atoms with van der Waals surface area (Å²) in [6, 6.07) is 19.3. The van der Waals surface area contributed by atoms with Gasteiger partial charge in [0.1, 0.15) is 5.75 Å². The molecule has 1 unspecified atom stereocenters. The molecule has 0 fully saturated rings. The first-order valence-corrected chi connectivity index (χ1v) is 9.68. The maximum Gasteiger partial charge on any atom is 0.158 e. The smallest absolute Gasteiger partial charge is 0.158 e. The zero-order chi connectivity index (χ0) is 19.8. The van der Waals surface area contributed by atoms with E-state index in [4.69, 9.17) is 4.74 Å². The molecule has 1 N–H and O–H groups in total. The molecule has 0 aliphatic rings. The monoisotopic (exact) mass is 363 g/mol. The second-order valence-corrected chi connectivity index (χ2v) is 8.93. The number of aromatic nitrogens is 1. The highest BCUT2D eigenvalue weighted by Gasteiger charge is 2.28. The van der Waals surface area contributed by atoms with E-state index in [0.717, 1.165) is 5.75 Å². The molecule has 142 valence electrons. The first-order chi connectivity index (χ1) is 12.6. The Labute approximate surface area is 163 Å². The highest BCUT2D eigenvalue weighted by atomic mass is 16.5. The van der Waals surface area contributed by atoms with Crippen molar-refractivity contribution >= 4 is 18.7 Å². The van der Waals surface area contributed by atoms with E-state index in [9.17, 15) is 5.11 Å². The molecule has 0 amide bonds. The van der Waals surface area contributed by atoms with Gasteiger partial charge in [-0.3, -0.25) is 0 Å². The standard InChI is InChI=1S/C23H30BNO2/c1-16(2)25-20(17-9-7-6-8-10-17)13-18-11-12-19(14-21(18)25)27-23(5,24)15-22(3,4)26/h6-14,16,26H,15,24H2,1-5H3. The van der Waals surface area contributed by atoms with Crippen LogP contribution in [-0.4, -0.2) is 28.6 Å². The summed E-state index contributed by atoms with van der Waals surface area (Å²) in [6.45, 7) is 10.1. The molecule has 1 heterocycles. The summed E-state index contributed by atoms with van der Waals surface area (Å²) in [6.07, 6.45) is 0.554. The molecule has 0 saturated heterocycles. The van der Waals surface area contributed by atoms with Crippen LogP contribution in [0, 0.1) is 0 Å². The fourth-order valence-corrected chi connectivity index (χ4v) is 4.05. The normalized spacial score (nSPS) is 14.5. The van der Waals surface area contributed by atoms with E-state index in [1.54, 1.807) is 0 Å². The molecule has 3 rings (SSSR count). The molecular weight excluding hydrogens is 333 g/mol. The number of benzene rings is 2. The molecule has 0 aliphatic carbocycles. The molecule has 3 aromatic rings. The van der Waals surface area contributed by atoms with Crippen LogP contribution in [-0.2, 0) is 0 Å². The van der Waals surface area contributed by atoms with E-state index in [0.29, 0.717) is 12.5 Å². The van der Waals surface area contributed by atoms with Gasteiger partial charge in [-0.05, 0) is 58.4 Å². The maximum absolute atomic E-state index is 10.2. The minimum Gasteiger partial charge on any atom is -0.497 e. The molecule has 2 aromatic carbocycles. The quantitative estimate of drug-likeness (QED) is 0.640. The van der Waals surface area contributed by atoms with Crippen LogP contribution < -0.4 is 4.74 Å². The van der Waals surface area contributed by atoms with Gasteiger partial charge in [-0.2, -0.15) is 0 Å². The highest BCUT2D eigenvalue weighted by Crippen LogP contribution is 2.34. The summed E-state index contributed by atoms with van der Waals surface area (Å²) >= 11 is 0. The van der Waals surface area contributed by atoms with Gasteiger partial charge in [-0.1, -0.05) is 30.3 Å². The Morgan fingerprint density at radius 3 is 2.30 bits per heavy atom. The van der Waals surface area contributed by atoms with E-state index in [2.05, 4.69) is 60.9 Å². The third-order valence-corrected chi connectivity index (χ3v) is 4.65. The van der Waals surface area contributed by atoms with Gasteiger partial charge >= 0.3 is 0 Å². The Morgan fingerprint density at radius 2 is 1.70 bits per heavy atom. The summed E-state index contributed by atoms with van der Waals surface area (Å²) in [5, 5.41) is 11.4. The second-order valence-electron chi connectivity index (χ2n) is 8.93. The minimum atomic E-state index is -0.772. The third-order valence-electron chi connectivity index (χ3n) is 4.65. The Morgan fingerprint density at radius 1 is 1.04 bits per heavy atom. The van der Waals surface area contributed by atoms with Gasteiger partial charge in [0.15, 0.2) is 7.85 Å². The van der Waals surface area contributed by atoms with Crippen molar-refractivity contribution in [1.29, 1.82) is 0 Å². The minimum absolute atomic E-state index is 0.331. The molecule has 0 spiro atoms. The molecule has 0 bridgehead atoms. The lowest BCUT2D eigenvalue weighted by Crippen LogP contribution is -2.40. The Hall–Kier alpha value is -2.20. The summed E-state index contributed by atoms with van der Waals surface area (Å²) in [4.78, 5) is 0. The highest BCUT2D eigenvalue weighted by molar-refractivity contribution is 6.14. The van der Waals surface area contributed by atoms with Crippen molar-refractivity contribution in [2.45, 2.75) is 58.2 Å². The van der Waals surface area contributed by atoms with Gasteiger partial charge in [0.05, 0.1) is 16.6 Å². The van der Waals surface area contributed by atoms with Crippen LogP contribution in [0.5, 0.6) is 5.75 Å². The Kier molecular flexibility index (Phi) is 5.13. The van der Waals surface area contributed by atoms with Crippen molar-refractivity contribution in [3.63, 3.8) is 0 Å². The van der Waals surface area contributed by atoms with Gasteiger partial charge in [-0.15, -0.1) is 0 Å². The summed E-state index contributed by atoms with van der Waals surface area (Å²) in [5.41, 5.74) is 2.37. The summed E-state index contributed by atoms with van der Waals surface area (Å²) in [7, 11) is 2.02. The maximum atomic E-state index is 10.2. The fraction of sp³-hybridized carbons (Fsp3) is 0.391. The average Bonchev–Trinajstić information content (AvgIpc) is 2.91.